The Morgan fingerprint density at radius 3 is 3.05 bits per heavy atom. The number of hydrogen-bond acceptors (Lipinski definition) is 4. The van der Waals surface area contributed by atoms with Gasteiger partial charge in [0, 0.05) is 4.88 Å². The molecule has 0 saturated carbocycles. The summed E-state index contributed by atoms with van der Waals surface area (Å²) in [6, 6.07) is 0. The van der Waals surface area contributed by atoms with Gasteiger partial charge in [-0.05, 0) is 30.7 Å². The number of aromatic amines is 1. The lowest BCUT2D eigenvalue weighted by Gasteiger charge is -2.23. The highest BCUT2D eigenvalue weighted by atomic mass is 32.1. The second-order valence-electron chi connectivity index (χ2n) is 6.58. The molecule has 6 heteroatoms. The van der Waals surface area contributed by atoms with Crippen LogP contribution in [0, 0.1) is 5.92 Å². The minimum absolute atomic E-state index is 0.0553. The van der Waals surface area contributed by atoms with E-state index in [9.17, 15) is 4.79 Å². The Balaban J connectivity index is 1.69. The number of aryl methyl sites for hydroxylation is 1. The quantitative estimate of drug-likeness (QED) is 0.848. The van der Waals surface area contributed by atoms with E-state index in [2.05, 4.69) is 11.9 Å². The van der Waals surface area contributed by atoms with Crippen LogP contribution in [-0.2, 0) is 24.1 Å². The summed E-state index contributed by atoms with van der Waals surface area (Å²) in [7, 11) is 0. The maximum atomic E-state index is 12.5. The Morgan fingerprint density at radius 2 is 2.23 bits per heavy atom. The number of rotatable bonds is 2. The van der Waals surface area contributed by atoms with Crippen molar-refractivity contribution in [1.29, 1.82) is 0 Å². The number of thiophene rings is 1. The van der Waals surface area contributed by atoms with Crippen LogP contribution >= 0.6 is 11.3 Å². The second kappa shape index (κ2) is 5.76. The van der Waals surface area contributed by atoms with E-state index >= 15 is 0 Å². The predicted octanol–water partition coefficient (Wildman–Crippen LogP) is 0.525. The lowest BCUT2D eigenvalue weighted by atomic mass is 9.89. The van der Waals surface area contributed by atoms with E-state index in [1.165, 1.54) is 21.8 Å². The third-order valence-electron chi connectivity index (χ3n) is 4.83. The molecule has 2 aromatic heterocycles. The molecule has 0 radical (unpaired) electrons. The zero-order valence-electron chi connectivity index (χ0n) is 12.9. The molecule has 4 rings (SSSR count). The van der Waals surface area contributed by atoms with E-state index in [-0.39, 0.29) is 5.56 Å². The molecule has 1 fully saturated rings. The van der Waals surface area contributed by atoms with E-state index in [1.807, 2.05) is 0 Å². The van der Waals surface area contributed by atoms with E-state index in [4.69, 9.17) is 9.72 Å². The van der Waals surface area contributed by atoms with Gasteiger partial charge in [-0.1, -0.05) is 6.92 Å². The van der Waals surface area contributed by atoms with Crippen molar-refractivity contribution in [3.63, 3.8) is 0 Å². The van der Waals surface area contributed by atoms with Gasteiger partial charge in [0.15, 0.2) is 5.82 Å². The highest BCUT2D eigenvalue weighted by Gasteiger charge is 2.24. The second-order valence-corrected chi connectivity index (χ2v) is 7.67. The van der Waals surface area contributed by atoms with Crippen molar-refractivity contribution in [2.24, 2.45) is 5.92 Å². The largest absolute Gasteiger partial charge is 0.370 e. The average molecular weight is 320 g/mol. The number of fused-ring (bicyclic) bond motifs is 3. The molecule has 0 unspecified atom stereocenters. The molecule has 0 amide bonds. The summed E-state index contributed by atoms with van der Waals surface area (Å²) in [6.45, 7) is 6.64. The minimum Gasteiger partial charge on any atom is -0.370 e. The molecule has 1 aliphatic carbocycles. The Bertz CT molecular complexity index is 746. The molecule has 1 aliphatic heterocycles. The number of ether oxygens (including phenoxy) is 1. The van der Waals surface area contributed by atoms with Crippen LogP contribution in [-0.4, -0.2) is 36.3 Å². The third-order valence-corrected chi connectivity index (χ3v) is 5.98. The number of quaternary nitrogens is 1. The number of nitrogens with one attached hydrogen (secondary N) is 2. The van der Waals surface area contributed by atoms with Crippen molar-refractivity contribution in [2.75, 3.05) is 26.3 Å². The van der Waals surface area contributed by atoms with Crippen molar-refractivity contribution >= 4 is 21.6 Å². The molecule has 0 spiro atoms. The number of H-pyrrole nitrogens is 1. The van der Waals surface area contributed by atoms with Crippen molar-refractivity contribution in [2.45, 2.75) is 32.7 Å². The van der Waals surface area contributed by atoms with Crippen LogP contribution in [0.1, 0.15) is 29.6 Å². The van der Waals surface area contributed by atoms with Crippen molar-refractivity contribution in [3.8, 4) is 0 Å². The molecule has 2 N–H and O–H groups in total. The number of hydrogen-bond donors (Lipinski definition) is 2. The Morgan fingerprint density at radius 1 is 1.41 bits per heavy atom. The van der Waals surface area contributed by atoms with Crippen LogP contribution in [0.15, 0.2) is 4.79 Å². The van der Waals surface area contributed by atoms with Gasteiger partial charge in [0.05, 0.1) is 18.6 Å². The highest BCUT2D eigenvalue weighted by molar-refractivity contribution is 7.18. The average Bonchev–Trinajstić information content (AvgIpc) is 2.85. The van der Waals surface area contributed by atoms with Crippen LogP contribution in [0.25, 0.3) is 10.2 Å². The van der Waals surface area contributed by atoms with Gasteiger partial charge in [-0.15, -0.1) is 11.3 Å². The van der Waals surface area contributed by atoms with Gasteiger partial charge in [-0.25, -0.2) is 4.98 Å². The number of morpholine rings is 1. The monoisotopic (exact) mass is 320 g/mol. The van der Waals surface area contributed by atoms with Gasteiger partial charge >= 0.3 is 0 Å². The summed E-state index contributed by atoms with van der Waals surface area (Å²) < 4.78 is 5.39. The summed E-state index contributed by atoms with van der Waals surface area (Å²) in [6.07, 6.45) is 3.30. The summed E-state index contributed by atoms with van der Waals surface area (Å²) in [4.78, 5) is 24.1. The highest BCUT2D eigenvalue weighted by Crippen LogP contribution is 2.35. The maximum Gasteiger partial charge on any atom is 0.260 e. The Hall–Kier alpha value is -1.24. The molecular weight excluding hydrogens is 298 g/mol. The SMILES string of the molecule is C[C@@H]1CCc2c(sc3nc(C[NH+]4CCOCC4)[nH]c(=O)c23)C1. The van der Waals surface area contributed by atoms with Crippen molar-refractivity contribution in [3.05, 3.63) is 26.6 Å². The van der Waals surface area contributed by atoms with Gasteiger partial charge in [-0.3, -0.25) is 4.79 Å². The minimum atomic E-state index is 0.0553. The van der Waals surface area contributed by atoms with Crippen LogP contribution in [0.4, 0.5) is 0 Å². The molecule has 3 heterocycles. The maximum absolute atomic E-state index is 12.5. The number of aromatic nitrogens is 2. The normalized spacial score (nSPS) is 22.9. The molecule has 22 heavy (non-hydrogen) atoms. The molecule has 2 aromatic rings. The van der Waals surface area contributed by atoms with Gasteiger partial charge in [0.1, 0.15) is 24.5 Å². The predicted molar refractivity (Wildman–Crippen MR) is 86.6 cm³/mol. The lowest BCUT2D eigenvalue weighted by Crippen LogP contribution is -3.12. The Labute approximate surface area is 133 Å². The van der Waals surface area contributed by atoms with E-state index < -0.39 is 0 Å². The Kier molecular flexibility index (Phi) is 3.76. The van der Waals surface area contributed by atoms with Crippen molar-refractivity contribution < 1.29 is 9.64 Å². The van der Waals surface area contributed by atoms with E-state index in [1.54, 1.807) is 11.3 Å². The fourth-order valence-electron chi connectivity index (χ4n) is 3.55. The zero-order chi connectivity index (χ0) is 15.1. The molecule has 1 saturated heterocycles. The van der Waals surface area contributed by atoms with Crippen LogP contribution < -0.4 is 10.5 Å². The van der Waals surface area contributed by atoms with Gasteiger partial charge < -0.3 is 14.6 Å². The van der Waals surface area contributed by atoms with Crippen LogP contribution in [0.3, 0.4) is 0 Å². The van der Waals surface area contributed by atoms with Crippen LogP contribution in [0.2, 0.25) is 0 Å². The number of nitrogens with zero attached hydrogens (tertiary/aromatic N) is 1. The molecule has 5 nitrogen and oxygen atoms in total. The topological polar surface area (TPSA) is 59.4 Å². The first-order valence-corrected chi connectivity index (χ1v) is 8.97. The van der Waals surface area contributed by atoms with E-state index in [0.29, 0.717) is 0 Å². The summed E-state index contributed by atoms with van der Waals surface area (Å²) in [5.74, 6) is 1.54. The summed E-state index contributed by atoms with van der Waals surface area (Å²) in [5, 5.41) is 0.854. The fourth-order valence-corrected chi connectivity index (χ4v) is 4.95. The molecule has 1 atom stereocenters. The lowest BCUT2D eigenvalue weighted by molar-refractivity contribution is -0.922. The smallest absolute Gasteiger partial charge is 0.260 e. The first-order valence-electron chi connectivity index (χ1n) is 8.15. The summed E-state index contributed by atoms with van der Waals surface area (Å²) >= 11 is 1.73. The molecule has 118 valence electrons. The molecular formula is C16H22N3O2S+. The first kappa shape index (κ1) is 14.4. The van der Waals surface area contributed by atoms with Gasteiger partial charge in [-0.2, -0.15) is 0 Å². The van der Waals surface area contributed by atoms with Crippen molar-refractivity contribution in [1.82, 2.24) is 9.97 Å². The summed E-state index contributed by atoms with van der Waals surface area (Å²) in [5.41, 5.74) is 1.32. The molecule has 0 aromatic carbocycles. The fraction of sp³-hybridized carbons (Fsp3) is 0.625. The van der Waals surface area contributed by atoms with Gasteiger partial charge in [0.25, 0.3) is 5.56 Å². The third kappa shape index (κ3) is 2.59. The molecule has 2 aliphatic rings. The van der Waals surface area contributed by atoms with Gasteiger partial charge in [0.2, 0.25) is 0 Å². The standard InChI is InChI=1S/C16H21N3O2S/c1-10-2-3-11-12(8-10)22-16-14(11)15(20)17-13(18-16)9-19-4-6-21-7-5-19/h10H,2-9H2,1H3,(H,17,18,20)/p+1/t10-/m1/s1. The van der Waals surface area contributed by atoms with E-state index in [0.717, 1.165) is 67.6 Å². The molecule has 0 bridgehead atoms. The van der Waals surface area contributed by atoms with Crippen LogP contribution in [0.5, 0.6) is 0 Å². The zero-order valence-corrected chi connectivity index (χ0v) is 13.7. The first-order chi connectivity index (χ1) is 10.7.